The standard InChI is InChI=1S/C20H26N4O/c1-3-4-9-16-10-5-6-11-17(16)22-20(25)24-15-8-7-12-19(24)18-13-14-21-23(18)2/h3,5-6,10-11,13-14,19H,1,4,7-9,12,15H2,2H3,(H,22,25)/t19-/m1/s1. The minimum Gasteiger partial charge on any atom is -0.316 e. The molecule has 0 unspecified atom stereocenters. The van der Waals surface area contributed by atoms with Crippen molar-refractivity contribution in [3.63, 3.8) is 0 Å². The Balaban J connectivity index is 1.77. The Bertz CT molecular complexity index is 737. The molecule has 2 heterocycles. The molecule has 0 aliphatic carbocycles. The first kappa shape index (κ1) is 17.3. The number of nitrogens with zero attached hydrogens (tertiary/aromatic N) is 3. The van der Waals surface area contributed by atoms with Gasteiger partial charge in [0.1, 0.15) is 0 Å². The number of allylic oxidation sites excluding steroid dienone is 1. The number of benzene rings is 1. The summed E-state index contributed by atoms with van der Waals surface area (Å²) in [6.45, 7) is 4.56. The first-order chi connectivity index (χ1) is 12.2. The molecule has 0 spiro atoms. The van der Waals surface area contributed by atoms with Crippen molar-refractivity contribution in [3.05, 3.63) is 60.4 Å². The number of rotatable bonds is 5. The minimum atomic E-state index is -0.0306. The SMILES string of the molecule is C=CCCc1ccccc1NC(=O)N1CCCC[C@@H]1c1ccnn1C. The second kappa shape index (κ2) is 8.01. The molecule has 0 radical (unpaired) electrons. The van der Waals surface area contributed by atoms with Gasteiger partial charge >= 0.3 is 6.03 Å². The number of para-hydroxylation sites is 1. The average Bonchev–Trinajstić information content (AvgIpc) is 3.07. The maximum absolute atomic E-state index is 13.0. The Morgan fingerprint density at radius 3 is 2.96 bits per heavy atom. The molecule has 2 amide bonds. The van der Waals surface area contributed by atoms with Crippen molar-refractivity contribution in [2.75, 3.05) is 11.9 Å². The summed E-state index contributed by atoms with van der Waals surface area (Å²) in [6, 6.07) is 10.1. The maximum atomic E-state index is 13.0. The largest absolute Gasteiger partial charge is 0.322 e. The molecule has 0 bridgehead atoms. The number of anilines is 1. The Hall–Kier alpha value is -2.56. The van der Waals surface area contributed by atoms with Gasteiger partial charge in [0.15, 0.2) is 0 Å². The summed E-state index contributed by atoms with van der Waals surface area (Å²) in [5, 5.41) is 7.39. The van der Waals surface area contributed by atoms with Crippen molar-refractivity contribution in [3.8, 4) is 0 Å². The molecule has 0 saturated carbocycles. The summed E-state index contributed by atoms with van der Waals surface area (Å²) in [5.41, 5.74) is 3.13. The van der Waals surface area contributed by atoms with E-state index in [1.807, 2.05) is 47.0 Å². The second-order valence-electron chi connectivity index (χ2n) is 6.50. The number of piperidine rings is 1. The summed E-state index contributed by atoms with van der Waals surface area (Å²) in [4.78, 5) is 14.9. The quantitative estimate of drug-likeness (QED) is 0.827. The molecule has 1 fully saturated rings. The van der Waals surface area contributed by atoms with Gasteiger partial charge in [0, 0.05) is 25.5 Å². The van der Waals surface area contributed by atoms with Crippen LogP contribution in [0, 0.1) is 0 Å². The van der Waals surface area contributed by atoms with E-state index in [0.717, 1.165) is 55.6 Å². The van der Waals surface area contributed by atoms with Crippen molar-refractivity contribution in [1.29, 1.82) is 0 Å². The molecule has 5 nitrogen and oxygen atoms in total. The van der Waals surface area contributed by atoms with Crippen LogP contribution in [0.15, 0.2) is 49.2 Å². The number of hydrogen-bond acceptors (Lipinski definition) is 2. The molecule has 1 N–H and O–H groups in total. The van der Waals surface area contributed by atoms with Gasteiger partial charge < -0.3 is 10.2 Å². The zero-order valence-electron chi connectivity index (χ0n) is 14.8. The molecule has 1 aromatic carbocycles. The van der Waals surface area contributed by atoms with Crippen LogP contribution in [0.3, 0.4) is 0 Å². The van der Waals surface area contributed by atoms with Crippen LogP contribution in [0.2, 0.25) is 0 Å². The van der Waals surface area contributed by atoms with Crippen LogP contribution in [0.5, 0.6) is 0 Å². The highest BCUT2D eigenvalue weighted by Gasteiger charge is 2.30. The van der Waals surface area contributed by atoms with Gasteiger partial charge in [0.2, 0.25) is 0 Å². The number of aromatic nitrogens is 2. The molecule has 1 atom stereocenters. The fourth-order valence-electron chi connectivity index (χ4n) is 3.50. The third-order valence-electron chi connectivity index (χ3n) is 4.84. The second-order valence-corrected chi connectivity index (χ2v) is 6.50. The van der Waals surface area contributed by atoms with Crippen LogP contribution < -0.4 is 5.32 Å². The van der Waals surface area contributed by atoms with Crippen molar-refractivity contribution in [2.24, 2.45) is 7.05 Å². The van der Waals surface area contributed by atoms with E-state index < -0.39 is 0 Å². The third-order valence-corrected chi connectivity index (χ3v) is 4.84. The maximum Gasteiger partial charge on any atom is 0.322 e. The number of carbonyl (C=O) groups is 1. The average molecular weight is 338 g/mol. The van der Waals surface area contributed by atoms with Crippen LogP contribution in [0.1, 0.15) is 43.0 Å². The molecular weight excluding hydrogens is 312 g/mol. The van der Waals surface area contributed by atoms with E-state index in [1.165, 1.54) is 0 Å². The number of amides is 2. The highest BCUT2D eigenvalue weighted by atomic mass is 16.2. The van der Waals surface area contributed by atoms with Gasteiger partial charge in [-0.15, -0.1) is 6.58 Å². The highest BCUT2D eigenvalue weighted by Crippen LogP contribution is 2.31. The van der Waals surface area contributed by atoms with E-state index >= 15 is 0 Å². The number of nitrogens with one attached hydrogen (secondary N) is 1. The van der Waals surface area contributed by atoms with Gasteiger partial charge in [-0.1, -0.05) is 24.3 Å². The number of aryl methyl sites for hydroxylation is 2. The lowest BCUT2D eigenvalue weighted by molar-refractivity contribution is 0.159. The van der Waals surface area contributed by atoms with E-state index in [-0.39, 0.29) is 12.1 Å². The summed E-state index contributed by atoms with van der Waals surface area (Å²) in [6.07, 6.45) is 8.63. The topological polar surface area (TPSA) is 50.2 Å². The predicted octanol–water partition coefficient (Wildman–Crippen LogP) is 4.30. The normalized spacial score (nSPS) is 17.3. The van der Waals surface area contributed by atoms with Crippen LogP contribution in [-0.4, -0.2) is 27.3 Å². The van der Waals surface area contributed by atoms with Crippen molar-refractivity contribution >= 4 is 11.7 Å². The number of likely N-dealkylation sites (tertiary alicyclic amines) is 1. The first-order valence-electron chi connectivity index (χ1n) is 8.95. The van der Waals surface area contributed by atoms with Crippen molar-refractivity contribution < 1.29 is 4.79 Å². The summed E-state index contributed by atoms with van der Waals surface area (Å²) in [7, 11) is 1.94. The highest BCUT2D eigenvalue weighted by molar-refractivity contribution is 5.90. The van der Waals surface area contributed by atoms with E-state index in [1.54, 1.807) is 6.20 Å². The fourth-order valence-corrected chi connectivity index (χ4v) is 3.50. The Morgan fingerprint density at radius 1 is 1.36 bits per heavy atom. The zero-order valence-corrected chi connectivity index (χ0v) is 14.8. The molecule has 1 aliphatic rings. The lowest BCUT2D eigenvalue weighted by Crippen LogP contribution is -2.42. The molecule has 5 heteroatoms. The van der Waals surface area contributed by atoms with E-state index in [2.05, 4.69) is 23.1 Å². The smallest absolute Gasteiger partial charge is 0.316 e. The number of carbonyl (C=O) groups excluding carboxylic acids is 1. The van der Waals surface area contributed by atoms with Crippen LogP contribution >= 0.6 is 0 Å². The van der Waals surface area contributed by atoms with Gasteiger partial charge in [-0.25, -0.2) is 4.79 Å². The zero-order chi connectivity index (χ0) is 17.6. The fraction of sp³-hybridized carbons (Fsp3) is 0.400. The molecule has 1 aromatic heterocycles. The van der Waals surface area contributed by atoms with Crippen molar-refractivity contribution in [2.45, 2.75) is 38.1 Å². The molecule has 3 rings (SSSR count). The summed E-state index contributed by atoms with van der Waals surface area (Å²) >= 11 is 0. The lowest BCUT2D eigenvalue weighted by Gasteiger charge is -2.35. The summed E-state index contributed by atoms with van der Waals surface area (Å²) < 4.78 is 1.87. The molecule has 2 aromatic rings. The molecule has 25 heavy (non-hydrogen) atoms. The molecule has 1 saturated heterocycles. The van der Waals surface area contributed by atoms with E-state index in [0.29, 0.717) is 0 Å². The van der Waals surface area contributed by atoms with E-state index in [9.17, 15) is 4.79 Å². The van der Waals surface area contributed by atoms with Gasteiger partial charge in [0.05, 0.1) is 11.7 Å². The van der Waals surface area contributed by atoms with Gasteiger partial charge in [-0.2, -0.15) is 5.10 Å². The predicted molar refractivity (Wildman–Crippen MR) is 100 cm³/mol. The number of urea groups is 1. The lowest BCUT2D eigenvalue weighted by atomic mass is 9.99. The third kappa shape index (κ3) is 3.92. The van der Waals surface area contributed by atoms with Gasteiger partial charge in [0.25, 0.3) is 0 Å². The Morgan fingerprint density at radius 2 is 2.20 bits per heavy atom. The van der Waals surface area contributed by atoms with Crippen LogP contribution in [0.4, 0.5) is 10.5 Å². The van der Waals surface area contributed by atoms with Crippen LogP contribution in [0.25, 0.3) is 0 Å². The Kier molecular flexibility index (Phi) is 5.53. The van der Waals surface area contributed by atoms with Gasteiger partial charge in [-0.05, 0) is 49.8 Å². The monoisotopic (exact) mass is 338 g/mol. The Labute approximate surface area is 149 Å². The minimum absolute atomic E-state index is 0.0306. The first-order valence-corrected chi connectivity index (χ1v) is 8.95. The molecule has 1 aliphatic heterocycles. The van der Waals surface area contributed by atoms with E-state index in [4.69, 9.17) is 0 Å². The van der Waals surface area contributed by atoms with Gasteiger partial charge in [-0.3, -0.25) is 4.68 Å². The molecule has 132 valence electrons. The van der Waals surface area contributed by atoms with Crippen LogP contribution in [-0.2, 0) is 13.5 Å². The number of hydrogen-bond donors (Lipinski definition) is 1. The summed E-state index contributed by atoms with van der Waals surface area (Å²) in [5.74, 6) is 0. The molecular formula is C20H26N4O. The van der Waals surface area contributed by atoms with Crippen molar-refractivity contribution in [1.82, 2.24) is 14.7 Å².